The molecular weight excluding hydrogens is 350 g/mol. The van der Waals surface area contributed by atoms with Gasteiger partial charge in [0.2, 0.25) is 5.91 Å². The third kappa shape index (κ3) is 3.88. The minimum Gasteiger partial charge on any atom is -0.331 e. The van der Waals surface area contributed by atoms with Gasteiger partial charge in [-0.1, -0.05) is 42.5 Å². The average molecular weight is 377 g/mol. The molecule has 2 aromatic rings. The van der Waals surface area contributed by atoms with E-state index in [9.17, 15) is 9.59 Å². The molecule has 5 heteroatoms. The van der Waals surface area contributed by atoms with Crippen molar-refractivity contribution in [2.75, 3.05) is 24.5 Å². The Kier molecular flexibility index (Phi) is 5.33. The predicted octanol–water partition coefficient (Wildman–Crippen LogP) is 4.07. The van der Waals surface area contributed by atoms with Crippen molar-refractivity contribution < 1.29 is 9.59 Å². The maximum atomic E-state index is 12.7. The van der Waals surface area contributed by atoms with Gasteiger partial charge in [-0.3, -0.25) is 4.79 Å². The van der Waals surface area contributed by atoms with Gasteiger partial charge in [0.25, 0.3) is 0 Å². The van der Waals surface area contributed by atoms with Crippen LogP contribution in [0.3, 0.4) is 0 Å². The first-order valence-corrected chi connectivity index (χ1v) is 10.1. The molecule has 5 nitrogen and oxygen atoms in total. The minimum absolute atomic E-state index is 0.00951. The highest BCUT2D eigenvalue weighted by molar-refractivity contribution is 5.95. The van der Waals surface area contributed by atoms with Crippen LogP contribution >= 0.6 is 0 Å². The Bertz CT molecular complexity index is 835. The average Bonchev–Trinajstić information content (AvgIpc) is 3.38. The lowest BCUT2D eigenvalue weighted by molar-refractivity contribution is -0.117. The number of nitrogens with one attached hydrogen (secondary N) is 1. The molecule has 2 aliphatic rings. The molecule has 1 N–H and O–H groups in total. The molecule has 2 saturated heterocycles. The van der Waals surface area contributed by atoms with Crippen LogP contribution in [-0.2, 0) is 4.79 Å². The molecule has 0 saturated carbocycles. The first-order valence-electron chi connectivity index (χ1n) is 10.1. The number of nitrogens with zero attached hydrogens (tertiary/aromatic N) is 2. The Balaban J connectivity index is 1.34. The van der Waals surface area contributed by atoms with Gasteiger partial charge in [-0.15, -0.1) is 0 Å². The second-order valence-electron chi connectivity index (χ2n) is 7.75. The number of carbonyl (C=O) groups excluding carboxylic acids is 2. The largest absolute Gasteiger partial charge is 0.331 e. The van der Waals surface area contributed by atoms with E-state index in [2.05, 4.69) is 29.6 Å². The van der Waals surface area contributed by atoms with Crippen LogP contribution < -0.4 is 10.2 Å². The molecule has 4 rings (SSSR count). The quantitative estimate of drug-likeness (QED) is 0.873. The minimum atomic E-state index is -0.0772. The smallest absolute Gasteiger partial charge is 0.317 e. The normalized spacial score (nSPS) is 20.5. The molecular formula is C23H27N3O2. The molecule has 0 spiro atoms. The fraction of sp³-hybridized carbons (Fsp3) is 0.391. The molecule has 2 fully saturated rings. The Morgan fingerprint density at radius 3 is 2.50 bits per heavy atom. The van der Waals surface area contributed by atoms with E-state index in [4.69, 9.17) is 0 Å². The number of hydrogen-bond donors (Lipinski definition) is 1. The van der Waals surface area contributed by atoms with Gasteiger partial charge in [0.05, 0.1) is 6.04 Å². The van der Waals surface area contributed by atoms with Crippen molar-refractivity contribution >= 4 is 17.6 Å². The van der Waals surface area contributed by atoms with Crippen LogP contribution in [0.1, 0.15) is 49.3 Å². The lowest BCUT2D eigenvalue weighted by Gasteiger charge is -2.22. The van der Waals surface area contributed by atoms with Gasteiger partial charge in [-0.2, -0.15) is 0 Å². The molecule has 2 atom stereocenters. The van der Waals surface area contributed by atoms with E-state index in [-0.39, 0.29) is 18.0 Å². The van der Waals surface area contributed by atoms with Gasteiger partial charge >= 0.3 is 6.03 Å². The van der Waals surface area contributed by atoms with Gasteiger partial charge in [-0.05, 0) is 43.0 Å². The van der Waals surface area contributed by atoms with Gasteiger partial charge < -0.3 is 15.1 Å². The van der Waals surface area contributed by atoms with Gasteiger partial charge in [0, 0.05) is 37.7 Å². The van der Waals surface area contributed by atoms with E-state index in [0.717, 1.165) is 43.7 Å². The maximum absolute atomic E-state index is 12.7. The molecule has 0 aliphatic carbocycles. The second kappa shape index (κ2) is 8.05. The molecule has 28 heavy (non-hydrogen) atoms. The highest BCUT2D eigenvalue weighted by Crippen LogP contribution is 2.28. The van der Waals surface area contributed by atoms with Gasteiger partial charge in [-0.25, -0.2) is 4.79 Å². The number of carbonyl (C=O) groups is 2. The number of urea groups is 1. The second-order valence-corrected chi connectivity index (χ2v) is 7.75. The molecule has 146 valence electrons. The predicted molar refractivity (Wildman–Crippen MR) is 110 cm³/mol. The first kappa shape index (κ1) is 18.5. The van der Waals surface area contributed by atoms with Crippen molar-refractivity contribution in [3.63, 3.8) is 0 Å². The van der Waals surface area contributed by atoms with E-state index in [1.54, 1.807) is 0 Å². The fourth-order valence-electron chi connectivity index (χ4n) is 4.17. The Hall–Kier alpha value is -2.82. The lowest BCUT2D eigenvalue weighted by Crippen LogP contribution is -2.39. The molecule has 2 heterocycles. The standard InChI is InChI=1S/C23H27N3O2/c1-17(18-9-11-21(12-10-18)26-14-5-8-22(26)27)24-23(28)25-15-13-20(16-25)19-6-3-2-4-7-19/h2-4,6-7,9-12,17,20H,5,8,13-16H2,1H3,(H,24,28)/t17-,20-/m0/s1. The molecule has 0 bridgehead atoms. The van der Waals surface area contributed by atoms with Crippen molar-refractivity contribution in [2.24, 2.45) is 0 Å². The summed E-state index contributed by atoms with van der Waals surface area (Å²) in [6.45, 7) is 4.34. The van der Waals surface area contributed by atoms with Crippen LogP contribution in [-0.4, -0.2) is 36.5 Å². The Labute approximate surface area is 166 Å². The lowest BCUT2D eigenvalue weighted by atomic mass is 9.99. The zero-order valence-corrected chi connectivity index (χ0v) is 16.3. The molecule has 0 aromatic heterocycles. The Morgan fingerprint density at radius 2 is 1.82 bits per heavy atom. The van der Waals surface area contributed by atoms with Crippen LogP contribution in [0.5, 0.6) is 0 Å². The van der Waals surface area contributed by atoms with Crippen LogP contribution in [0.15, 0.2) is 54.6 Å². The molecule has 0 unspecified atom stereocenters. The highest BCUT2D eigenvalue weighted by atomic mass is 16.2. The van der Waals surface area contributed by atoms with E-state index >= 15 is 0 Å². The summed E-state index contributed by atoms with van der Waals surface area (Å²) in [4.78, 5) is 28.3. The number of anilines is 1. The first-order chi connectivity index (χ1) is 13.6. The summed E-state index contributed by atoms with van der Waals surface area (Å²) in [6.07, 6.45) is 2.56. The van der Waals surface area contributed by atoms with Gasteiger partial charge in [0.1, 0.15) is 0 Å². The van der Waals surface area contributed by atoms with Crippen molar-refractivity contribution in [2.45, 2.75) is 38.1 Å². The van der Waals surface area contributed by atoms with Crippen molar-refractivity contribution in [1.82, 2.24) is 10.2 Å². The van der Waals surface area contributed by atoms with Crippen molar-refractivity contribution in [3.05, 3.63) is 65.7 Å². The summed E-state index contributed by atoms with van der Waals surface area (Å²) in [6, 6.07) is 18.3. The van der Waals surface area contributed by atoms with Crippen LogP contribution in [0.25, 0.3) is 0 Å². The third-order valence-corrected chi connectivity index (χ3v) is 5.86. The third-order valence-electron chi connectivity index (χ3n) is 5.86. The molecule has 2 aliphatic heterocycles. The SMILES string of the molecule is C[C@H](NC(=O)N1CC[C@H](c2ccccc2)C1)c1ccc(N2CCCC2=O)cc1. The zero-order valence-electron chi connectivity index (χ0n) is 16.3. The molecule has 0 radical (unpaired) electrons. The number of amides is 3. The van der Waals surface area contributed by atoms with Gasteiger partial charge in [0.15, 0.2) is 0 Å². The Morgan fingerprint density at radius 1 is 1.07 bits per heavy atom. The number of likely N-dealkylation sites (tertiary alicyclic amines) is 1. The van der Waals surface area contributed by atoms with E-state index < -0.39 is 0 Å². The van der Waals surface area contributed by atoms with E-state index in [0.29, 0.717) is 12.3 Å². The van der Waals surface area contributed by atoms with Crippen LogP contribution in [0, 0.1) is 0 Å². The summed E-state index contributed by atoms with van der Waals surface area (Å²) < 4.78 is 0. The highest BCUT2D eigenvalue weighted by Gasteiger charge is 2.28. The maximum Gasteiger partial charge on any atom is 0.317 e. The topological polar surface area (TPSA) is 52.7 Å². The number of benzene rings is 2. The summed E-state index contributed by atoms with van der Waals surface area (Å²) >= 11 is 0. The van der Waals surface area contributed by atoms with Crippen molar-refractivity contribution in [1.29, 1.82) is 0 Å². The summed E-state index contributed by atoms with van der Waals surface area (Å²) in [5.41, 5.74) is 3.29. The van der Waals surface area contributed by atoms with Crippen molar-refractivity contribution in [3.8, 4) is 0 Å². The van der Waals surface area contributed by atoms with E-state index in [1.807, 2.05) is 47.1 Å². The molecule has 3 amide bonds. The van der Waals surface area contributed by atoms with Crippen LogP contribution in [0.2, 0.25) is 0 Å². The van der Waals surface area contributed by atoms with Crippen LogP contribution in [0.4, 0.5) is 10.5 Å². The summed E-state index contributed by atoms with van der Waals surface area (Å²) in [7, 11) is 0. The summed E-state index contributed by atoms with van der Waals surface area (Å²) in [5.74, 6) is 0.607. The zero-order chi connectivity index (χ0) is 19.5. The monoisotopic (exact) mass is 377 g/mol. The summed E-state index contributed by atoms with van der Waals surface area (Å²) in [5, 5.41) is 3.11. The molecule has 2 aromatic carbocycles. The number of hydrogen-bond acceptors (Lipinski definition) is 2. The van der Waals surface area contributed by atoms with E-state index in [1.165, 1.54) is 5.56 Å². The fourth-order valence-corrected chi connectivity index (χ4v) is 4.17. The number of rotatable bonds is 4.